The van der Waals surface area contributed by atoms with Crippen LogP contribution in [0, 0.1) is 0 Å². The van der Waals surface area contributed by atoms with Crippen LogP contribution in [0.2, 0.25) is 5.02 Å². The first kappa shape index (κ1) is 14.8. The van der Waals surface area contributed by atoms with Gasteiger partial charge in [0, 0.05) is 30.8 Å². The van der Waals surface area contributed by atoms with Crippen molar-refractivity contribution in [3.8, 4) is 0 Å². The monoisotopic (exact) mass is 308 g/mol. The number of hydrogen-bond acceptors (Lipinski definition) is 4. The number of benzene rings is 1. The predicted molar refractivity (Wildman–Crippen MR) is 85.3 cm³/mol. The van der Waals surface area contributed by atoms with Gasteiger partial charge in [-0.2, -0.15) is 0 Å². The molecule has 2 aliphatic heterocycles. The molecular weight excluding hydrogens is 288 g/mol. The molecule has 0 bridgehead atoms. The highest BCUT2D eigenvalue weighted by molar-refractivity contribution is 6.31. The molecule has 3 rings (SSSR count). The van der Waals surface area contributed by atoms with Crippen LogP contribution in [0.25, 0.3) is 0 Å². The van der Waals surface area contributed by atoms with Gasteiger partial charge in [-0.15, -0.1) is 0 Å². The molecule has 2 aliphatic rings. The zero-order valence-electron chi connectivity index (χ0n) is 12.5. The van der Waals surface area contributed by atoms with E-state index in [4.69, 9.17) is 16.3 Å². The Hall–Kier alpha value is -1.10. The summed E-state index contributed by atoms with van der Waals surface area (Å²) in [4.78, 5) is 6.71. The van der Waals surface area contributed by atoms with Crippen LogP contribution in [-0.2, 0) is 10.3 Å². The number of amidine groups is 1. The zero-order chi connectivity index (χ0) is 15.0. The average Bonchev–Trinajstić information content (AvgIpc) is 2.75. The molecule has 114 valence electrons. The summed E-state index contributed by atoms with van der Waals surface area (Å²) in [6.45, 7) is 3.67. The molecule has 0 aromatic heterocycles. The van der Waals surface area contributed by atoms with Gasteiger partial charge in [0.2, 0.25) is 0 Å². The lowest BCUT2D eigenvalue weighted by Gasteiger charge is -2.30. The summed E-state index contributed by atoms with van der Waals surface area (Å²) < 4.78 is 5.31. The topological polar surface area (TPSA) is 45.1 Å². The van der Waals surface area contributed by atoms with Crippen molar-refractivity contribution < 1.29 is 9.84 Å². The van der Waals surface area contributed by atoms with Gasteiger partial charge in [-0.05, 0) is 38.3 Å². The standard InChI is InChI=1S/C16H21ClN2O2/c1-11(21-2)6-7-16(20)13-5-4-12(17)10-14(13)19-9-3-8-18-15(16)19/h4-5,10-11,20H,3,6-9H2,1-2H3. The summed E-state index contributed by atoms with van der Waals surface area (Å²) >= 11 is 6.13. The van der Waals surface area contributed by atoms with Crippen molar-refractivity contribution in [1.29, 1.82) is 0 Å². The Labute approximate surface area is 130 Å². The molecule has 2 heterocycles. The third-order valence-electron chi connectivity index (χ3n) is 4.44. The third-order valence-corrected chi connectivity index (χ3v) is 4.67. The van der Waals surface area contributed by atoms with Crippen molar-refractivity contribution >= 4 is 23.1 Å². The second-order valence-electron chi connectivity index (χ2n) is 5.82. The van der Waals surface area contributed by atoms with E-state index in [2.05, 4.69) is 9.89 Å². The summed E-state index contributed by atoms with van der Waals surface area (Å²) in [5.74, 6) is 0.773. The van der Waals surface area contributed by atoms with Gasteiger partial charge in [-0.3, -0.25) is 4.99 Å². The Morgan fingerprint density at radius 3 is 3.10 bits per heavy atom. The average molecular weight is 309 g/mol. The number of halogens is 1. The minimum atomic E-state index is -1.02. The Kier molecular flexibility index (Phi) is 3.95. The Morgan fingerprint density at radius 1 is 1.52 bits per heavy atom. The minimum Gasteiger partial charge on any atom is -0.382 e. The molecule has 0 saturated heterocycles. The number of nitrogens with zero attached hydrogens (tertiary/aromatic N) is 2. The SMILES string of the molecule is COC(C)CCC1(O)C2=NCCCN2c2cc(Cl)ccc21. The Balaban J connectivity index is 2.00. The number of aliphatic hydroxyl groups is 1. The molecule has 0 spiro atoms. The van der Waals surface area contributed by atoms with Gasteiger partial charge < -0.3 is 14.7 Å². The Morgan fingerprint density at radius 2 is 2.33 bits per heavy atom. The quantitative estimate of drug-likeness (QED) is 0.930. The smallest absolute Gasteiger partial charge is 0.149 e. The lowest BCUT2D eigenvalue weighted by atomic mass is 9.89. The number of rotatable bonds is 4. The van der Waals surface area contributed by atoms with E-state index in [1.807, 2.05) is 25.1 Å². The second kappa shape index (κ2) is 5.59. The molecule has 2 atom stereocenters. The first-order chi connectivity index (χ1) is 10.1. The molecular formula is C16H21ClN2O2. The van der Waals surface area contributed by atoms with Gasteiger partial charge in [-0.1, -0.05) is 17.7 Å². The highest BCUT2D eigenvalue weighted by Gasteiger charge is 2.47. The van der Waals surface area contributed by atoms with Crippen molar-refractivity contribution in [3.05, 3.63) is 28.8 Å². The lowest BCUT2D eigenvalue weighted by Crippen LogP contribution is -2.43. The summed E-state index contributed by atoms with van der Waals surface area (Å²) in [7, 11) is 1.70. The van der Waals surface area contributed by atoms with Crippen LogP contribution in [0.1, 0.15) is 31.7 Å². The van der Waals surface area contributed by atoms with E-state index in [9.17, 15) is 5.11 Å². The van der Waals surface area contributed by atoms with Crippen molar-refractivity contribution in [1.82, 2.24) is 0 Å². The molecule has 5 heteroatoms. The van der Waals surface area contributed by atoms with E-state index in [1.54, 1.807) is 7.11 Å². The van der Waals surface area contributed by atoms with Crippen LogP contribution in [0.3, 0.4) is 0 Å². The van der Waals surface area contributed by atoms with E-state index in [1.165, 1.54) is 0 Å². The molecule has 0 aliphatic carbocycles. The number of ether oxygens (including phenoxy) is 1. The number of hydrogen-bond donors (Lipinski definition) is 1. The molecule has 21 heavy (non-hydrogen) atoms. The summed E-state index contributed by atoms with van der Waals surface area (Å²) in [6, 6.07) is 5.69. The predicted octanol–water partition coefficient (Wildman–Crippen LogP) is 2.96. The largest absolute Gasteiger partial charge is 0.382 e. The fourth-order valence-electron chi connectivity index (χ4n) is 3.17. The normalized spacial score (nSPS) is 25.3. The van der Waals surface area contributed by atoms with Crippen molar-refractivity contribution in [2.45, 2.75) is 37.9 Å². The highest BCUT2D eigenvalue weighted by Crippen LogP contribution is 2.45. The maximum atomic E-state index is 11.3. The molecule has 1 N–H and O–H groups in total. The number of aliphatic imine (C=N–C) groups is 1. The van der Waals surface area contributed by atoms with Gasteiger partial charge in [-0.25, -0.2) is 0 Å². The van der Waals surface area contributed by atoms with Crippen LogP contribution < -0.4 is 4.90 Å². The highest BCUT2D eigenvalue weighted by atomic mass is 35.5. The van der Waals surface area contributed by atoms with Gasteiger partial charge in [0.15, 0.2) is 0 Å². The van der Waals surface area contributed by atoms with Crippen LogP contribution in [0.5, 0.6) is 0 Å². The molecule has 4 nitrogen and oxygen atoms in total. The molecule has 0 saturated carbocycles. The van der Waals surface area contributed by atoms with Crippen LogP contribution in [0.4, 0.5) is 5.69 Å². The first-order valence-electron chi connectivity index (χ1n) is 7.44. The molecule has 1 aromatic rings. The van der Waals surface area contributed by atoms with Gasteiger partial charge in [0.1, 0.15) is 11.4 Å². The van der Waals surface area contributed by atoms with E-state index < -0.39 is 5.60 Å². The fourth-order valence-corrected chi connectivity index (χ4v) is 3.33. The van der Waals surface area contributed by atoms with Crippen LogP contribution in [0.15, 0.2) is 23.2 Å². The minimum absolute atomic E-state index is 0.114. The van der Waals surface area contributed by atoms with E-state index in [0.29, 0.717) is 11.4 Å². The molecule has 0 fully saturated rings. The third kappa shape index (κ3) is 2.45. The fraction of sp³-hybridized carbons (Fsp3) is 0.562. The van der Waals surface area contributed by atoms with E-state index >= 15 is 0 Å². The van der Waals surface area contributed by atoms with Gasteiger partial charge >= 0.3 is 0 Å². The van der Waals surface area contributed by atoms with Crippen LogP contribution in [-0.4, -0.2) is 37.2 Å². The number of fused-ring (bicyclic) bond motifs is 3. The summed E-state index contributed by atoms with van der Waals surface area (Å²) in [6.07, 6.45) is 2.50. The molecule has 2 unspecified atom stereocenters. The second-order valence-corrected chi connectivity index (χ2v) is 6.25. The van der Waals surface area contributed by atoms with Gasteiger partial charge in [0.05, 0.1) is 11.8 Å². The van der Waals surface area contributed by atoms with Crippen molar-refractivity contribution in [2.75, 3.05) is 25.1 Å². The van der Waals surface area contributed by atoms with Crippen molar-refractivity contribution in [2.24, 2.45) is 4.99 Å². The maximum Gasteiger partial charge on any atom is 0.149 e. The van der Waals surface area contributed by atoms with E-state index in [-0.39, 0.29) is 6.10 Å². The first-order valence-corrected chi connectivity index (χ1v) is 7.81. The number of anilines is 1. The van der Waals surface area contributed by atoms with Crippen molar-refractivity contribution in [3.63, 3.8) is 0 Å². The van der Waals surface area contributed by atoms with E-state index in [0.717, 1.165) is 43.0 Å². The molecule has 0 radical (unpaired) electrons. The lowest BCUT2D eigenvalue weighted by molar-refractivity contribution is 0.0597. The zero-order valence-corrected chi connectivity index (χ0v) is 13.2. The summed E-state index contributed by atoms with van der Waals surface area (Å²) in [5, 5.41) is 12.0. The van der Waals surface area contributed by atoms with Crippen LogP contribution >= 0.6 is 11.6 Å². The molecule has 1 aromatic carbocycles. The summed E-state index contributed by atoms with van der Waals surface area (Å²) in [5.41, 5.74) is 0.886. The molecule has 0 amide bonds. The number of methoxy groups -OCH3 is 1. The Bertz CT molecular complexity index is 575. The van der Waals surface area contributed by atoms with Gasteiger partial charge in [0.25, 0.3) is 0 Å². The maximum absolute atomic E-state index is 11.3.